The van der Waals surface area contributed by atoms with Gasteiger partial charge in [-0.05, 0) is 42.7 Å². The van der Waals surface area contributed by atoms with Crippen LogP contribution in [0.2, 0.25) is 10.0 Å². The van der Waals surface area contributed by atoms with Crippen molar-refractivity contribution in [3.05, 3.63) is 51.6 Å². The van der Waals surface area contributed by atoms with Crippen LogP contribution >= 0.6 is 23.2 Å². The summed E-state index contributed by atoms with van der Waals surface area (Å²) in [7, 11) is 0. The van der Waals surface area contributed by atoms with Crippen molar-refractivity contribution in [2.45, 2.75) is 25.3 Å². The minimum absolute atomic E-state index is 0.610. The molecule has 2 heterocycles. The lowest BCUT2D eigenvalue weighted by molar-refractivity contribution is 0.249. The van der Waals surface area contributed by atoms with Gasteiger partial charge in [-0.2, -0.15) is 5.10 Å². The maximum Gasteiger partial charge on any atom is 0.151 e. The number of benzene rings is 1. The van der Waals surface area contributed by atoms with E-state index < -0.39 is 0 Å². The Morgan fingerprint density at radius 3 is 2.33 bits per heavy atom. The Morgan fingerprint density at radius 2 is 1.71 bits per heavy atom. The van der Waals surface area contributed by atoms with Crippen molar-refractivity contribution in [3.8, 4) is 0 Å². The van der Waals surface area contributed by atoms with Crippen molar-refractivity contribution in [2.24, 2.45) is 0 Å². The van der Waals surface area contributed by atoms with Gasteiger partial charge in [0, 0.05) is 38.6 Å². The van der Waals surface area contributed by atoms with Gasteiger partial charge in [0.25, 0.3) is 0 Å². The largest absolute Gasteiger partial charge is 0.353 e. The summed E-state index contributed by atoms with van der Waals surface area (Å²) in [5, 5.41) is 10.0. The molecule has 1 saturated carbocycles. The molecule has 0 N–H and O–H groups in total. The summed E-state index contributed by atoms with van der Waals surface area (Å²) in [4.78, 5) is 4.75. The van der Waals surface area contributed by atoms with Gasteiger partial charge in [0.05, 0.1) is 15.7 Å². The van der Waals surface area contributed by atoms with Gasteiger partial charge in [0.2, 0.25) is 0 Å². The van der Waals surface area contributed by atoms with Crippen LogP contribution in [-0.4, -0.2) is 41.3 Å². The number of hydrogen-bond acceptors (Lipinski definition) is 4. The molecule has 1 aliphatic heterocycles. The van der Waals surface area contributed by atoms with Crippen LogP contribution in [0, 0.1) is 0 Å². The fourth-order valence-electron chi connectivity index (χ4n) is 3.13. The SMILES string of the molecule is Clc1ccc(CN2CCN(c3ccc(C4CC4)nn3)CC2)cc1Cl. The molecule has 4 nitrogen and oxygen atoms in total. The van der Waals surface area contributed by atoms with Gasteiger partial charge in [0.15, 0.2) is 5.82 Å². The summed E-state index contributed by atoms with van der Waals surface area (Å²) in [6.07, 6.45) is 2.53. The van der Waals surface area contributed by atoms with E-state index in [1.165, 1.54) is 18.4 Å². The first-order valence-electron chi connectivity index (χ1n) is 8.44. The lowest BCUT2D eigenvalue weighted by Gasteiger charge is -2.35. The van der Waals surface area contributed by atoms with Crippen LogP contribution in [0.4, 0.5) is 5.82 Å². The second-order valence-electron chi connectivity index (χ2n) is 6.60. The quantitative estimate of drug-likeness (QED) is 0.823. The Bertz CT molecular complexity index is 707. The zero-order valence-electron chi connectivity index (χ0n) is 13.5. The van der Waals surface area contributed by atoms with E-state index in [0.717, 1.165) is 44.2 Å². The molecule has 1 saturated heterocycles. The van der Waals surface area contributed by atoms with E-state index in [0.29, 0.717) is 16.0 Å². The molecule has 6 heteroatoms. The van der Waals surface area contributed by atoms with E-state index in [9.17, 15) is 0 Å². The standard InChI is InChI=1S/C18H20Cl2N4/c19-15-4-1-13(11-16(15)20)12-23-7-9-24(10-8-23)18-6-5-17(21-22-18)14-2-3-14/h1,4-6,11,14H,2-3,7-10,12H2. The van der Waals surface area contributed by atoms with Crippen LogP contribution in [0.3, 0.4) is 0 Å². The van der Waals surface area contributed by atoms with E-state index in [-0.39, 0.29) is 0 Å². The number of hydrogen-bond donors (Lipinski definition) is 0. The third kappa shape index (κ3) is 3.66. The Morgan fingerprint density at radius 1 is 0.917 bits per heavy atom. The van der Waals surface area contributed by atoms with Gasteiger partial charge in [-0.15, -0.1) is 5.10 Å². The summed E-state index contributed by atoms with van der Waals surface area (Å²) in [5.74, 6) is 1.66. The van der Waals surface area contributed by atoms with E-state index in [1.807, 2.05) is 18.2 Å². The van der Waals surface area contributed by atoms with Crippen molar-refractivity contribution in [1.82, 2.24) is 15.1 Å². The van der Waals surface area contributed by atoms with Crippen molar-refractivity contribution in [1.29, 1.82) is 0 Å². The summed E-state index contributed by atoms with van der Waals surface area (Å²) >= 11 is 12.1. The number of rotatable bonds is 4. The smallest absolute Gasteiger partial charge is 0.151 e. The normalized spacial score (nSPS) is 18.8. The van der Waals surface area contributed by atoms with Gasteiger partial charge in [-0.25, -0.2) is 0 Å². The maximum absolute atomic E-state index is 6.10. The molecule has 1 aliphatic carbocycles. The van der Waals surface area contributed by atoms with Crippen molar-refractivity contribution >= 4 is 29.0 Å². The summed E-state index contributed by atoms with van der Waals surface area (Å²) in [6.45, 7) is 4.85. The molecule has 1 aromatic carbocycles. The minimum atomic E-state index is 0.610. The van der Waals surface area contributed by atoms with Crippen molar-refractivity contribution in [3.63, 3.8) is 0 Å². The van der Waals surface area contributed by atoms with Crippen molar-refractivity contribution < 1.29 is 0 Å². The van der Waals surface area contributed by atoms with Crippen LogP contribution in [0.15, 0.2) is 30.3 Å². The Balaban J connectivity index is 1.33. The predicted octanol–water partition coefficient (Wildman–Crippen LogP) is 3.98. The monoisotopic (exact) mass is 362 g/mol. The molecule has 0 amide bonds. The molecule has 1 aromatic heterocycles. The topological polar surface area (TPSA) is 32.3 Å². The number of anilines is 1. The fourth-order valence-corrected chi connectivity index (χ4v) is 3.45. The molecule has 2 fully saturated rings. The molecule has 0 spiro atoms. The minimum Gasteiger partial charge on any atom is -0.353 e. The van der Waals surface area contributed by atoms with E-state index in [2.05, 4.69) is 32.1 Å². The zero-order chi connectivity index (χ0) is 16.5. The first-order chi connectivity index (χ1) is 11.7. The molecule has 0 radical (unpaired) electrons. The lowest BCUT2D eigenvalue weighted by atomic mass is 10.2. The molecule has 2 aromatic rings. The third-order valence-corrected chi connectivity index (χ3v) is 5.49. The highest BCUT2D eigenvalue weighted by molar-refractivity contribution is 6.42. The van der Waals surface area contributed by atoms with E-state index in [1.54, 1.807) is 0 Å². The number of piperazine rings is 1. The molecular weight excluding hydrogens is 343 g/mol. The molecule has 4 rings (SSSR count). The lowest BCUT2D eigenvalue weighted by Crippen LogP contribution is -2.46. The van der Waals surface area contributed by atoms with Crippen molar-refractivity contribution in [2.75, 3.05) is 31.1 Å². The summed E-state index contributed by atoms with van der Waals surface area (Å²) in [6, 6.07) is 10.1. The molecule has 2 aliphatic rings. The first-order valence-corrected chi connectivity index (χ1v) is 9.19. The highest BCUT2D eigenvalue weighted by atomic mass is 35.5. The van der Waals surface area contributed by atoms with Crippen LogP contribution in [0.25, 0.3) is 0 Å². The Hall–Kier alpha value is -1.36. The maximum atomic E-state index is 6.10. The molecule has 126 valence electrons. The van der Waals surface area contributed by atoms with Gasteiger partial charge in [-0.1, -0.05) is 29.3 Å². The van der Waals surface area contributed by atoms with Crippen LogP contribution in [-0.2, 0) is 6.54 Å². The summed E-state index contributed by atoms with van der Waals surface area (Å²) < 4.78 is 0. The Labute approximate surface area is 152 Å². The molecule has 0 bridgehead atoms. The average molecular weight is 363 g/mol. The van der Waals surface area contributed by atoms with E-state index >= 15 is 0 Å². The van der Waals surface area contributed by atoms with E-state index in [4.69, 9.17) is 23.2 Å². The highest BCUT2D eigenvalue weighted by Crippen LogP contribution is 2.38. The molecule has 0 atom stereocenters. The summed E-state index contributed by atoms with van der Waals surface area (Å²) in [5.41, 5.74) is 2.35. The average Bonchev–Trinajstić information content (AvgIpc) is 3.44. The van der Waals surface area contributed by atoms with Crippen LogP contribution < -0.4 is 4.90 Å². The van der Waals surface area contributed by atoms with Gasteiger partial charge < -0.3 is 4.90 Å². The predicted molar refractivity (Wildman–Crippen MR) is 98.0 cm³/mol. The molecule has 0 unspecified atom stereocenters. The highest BCUT2D eigenvalue weighted by Gasteiger charge is 2.26. The zero-order valence-corrected chi connectivity index (χ0v) is 15.0. The Kier molecular flexibility index (Phi) is 4.61. The number of nitrogens with zero attached hydrogens (tertiary/aromatic N) is 4. The second-order valence-corrected chi connectivity index (χ2v) is 7.42. The second kappa shape index (κ2) is 6.87. The molecular formula is C18H20Cl2N4. The third-order valence-electron chi connectivity index (χ3n) is 4.75. The number of aromatic nitrogens is 2. The van der Waals surface area contributed by atoms with Gasteiger partial charge >= 0.3 is 0 Å². The van der Waals surface area contributed by atoms with Crippen LogP contribution in [0.5, 0.6) is 0 Å². The van der Waals surface area contributed by atoms with Gasteiger partial charge in [-0.3, -0.25) is 4.90 Å². The first kappa shape index (κ1) is 16.1. The van der Waals surface area contributed by atoms with Crippen LogP contribution in [0.1, 0.15) is 30.0 Å². The molecule has 24 heavy (non-hydrogen) atoms. The number of halogens is 2. The van der Waals surface area contributed by atoms with Gasteiger partial charge in [0.1, 0.15) is 0 Å². The fraction of sp³-hybridized carbons (Fsp3) is 0.444.